The Bertz CT molecular complexity index is 390. The fraction of sp³-hybridized carbons (Fsp3) is 0.462. The van der Waals surface area contributed by atoms with E-state index < -0.39 is 11.5 Å². The Hall–Kier alpha value is -1.10. The second kappa shape index (κ2) is 6.18. The summed E-state index contributed by atoms with van der Waals surface area (Å²) in [5.74, 6) is -0.628. The second-order valence-electron chi connectivity index (χ2n) is 4.74. The molecule has 0 spiro atoms. The number of rotatable bonds is 5. The summed E-state index contributed by atoms with van der Waals surface area (Å²) in [6.07, 6.45) is 1.02. The summed E-state index contributed by atoms with van der Waals surface area (Å²) in [7, 11) is 0. The van der Waals surface area contributed by atoms with Crippen molar-refractivity contribution >= 4 is 18.4 Å². The molecule has 1 saturated carbocycles. The van der Waals surface area contributed by atoms with Crippen molar-refractivity contribution in [2.45, 2.75) is 25.0 Å². The van der Waals surface area contributed by atoms with E-state index in [1.54, 1.807) is 0 Å². The number of carboxylic acid groups (broad SMARTS) is 1. The molecule has 0 bridgehead atoms. The van der Waals surface area contributed by atoms with Gasteiger partial charge >= 0.3 is 5.97 Å². The Morgan fingerprint density at radius 2 is 2.00 bits per heavy atom. The molecular formula is C13H18ClNO3. The van der Waals surface area contributed by atoms with Crippen LogP contribution in [0.5, 0.6) is 0 Å². The van der Waals surface area contributed by atoms with Gasteiger partial charge in [0.25, 0.3) is 0 Å². The monoisotopic (exact) mass is 271 g/mol. The van der Waals surface area contributed by atoms with Gasteiger partial charge in [0, 0.05) is 0 Å². The highest BCUT2D eigenvalue weighted by Crippen LogP contribution is 2.36. The molecule has 0 saturated heterocycles. The van der Waals surface area contributed by atoms with Crippen LogP contribution in [0.2, 0.25) is 0 Å². The zero-order valence-electron chi connectivity index (χ0n) is 10.0. The number of carbonyl (C=O) groups is 1. The normalized spacial score (nSPS) is 25.9. The highest BCUT2D eigenvalue weighted by Gasteiger charge is 2.47. The van der Waals surface area contributed by atoms with E-state index in [-0.39, 0.29) is 18.3 Å². The van der Waals surface area contributed by atoms with Crippen LogP contribution in [0, 0.1) is 5.92 Å². The summed E-state index contributed by atoms with van der Waals surface area (Å²) in [5.41, 5.74) is 5.78. The van der Waals surface area contributed by atoms with Gasteiger partial charge in [-0.25, -0.2) is 0 Å². The standard InChI is InChI=1S/C13H17NO3.ClH/c14-13(12(15)16)6-11(7-13)9-17-8-10-4-2-1-3-5-10;/h1-5,11H,6-9,14H2,(H,15,16);1H. The van der Waals surface area contributed by atoms with Crippen LogP contribution in [0.4, 0.5) is 0 Å². The molecular weight excluding hydrogens is 254 g/mol. The molecule has 1 aliphatic rings. The van der Waals surface area contributed by atoms with Crippen molar-refractivity contribution < 1.29 is 14.6 Å². The molecule has 0 unspecified atom stereocenters. The SMILES string of the molecule is Cl.NC1(C(=O)O)CC(COCc2ccccc2)C1. The minimum atomic E-state index is -1.01. The van der Waals surface area contributed by atoms with E-state index in [0.717, 1.165) is 5.56 Å². The van der Waals surface area contributed by atoms with E-state index in [2.05, 4.69) is 0 Å². The number of ether oxygens (including phenoxy) is 1. The number of carboxylic acids is 1. The lowest BCUT2D eigenvalue weighted by Crippen LogP contribution is -2.58. The van der Waals surface area contributed by atoms with Crippen molar-refractivity contribution in [3.05, 3.63) is 35.9 Å². The van der Waals surface area contributed by atoms with E-state index in [0.29, 0.717) is 26.1 Å². The molecule has 5 heteroatoms. The first-order valence-electron chi connectivity index (χ1n) is 5.74. The van der Waals surface area contributed by atoms with Gasteiger partial charge in [0.15, 0.2) is 0 Å². The molecule has 0 aromatic heterocycles. The Kier molecular flexibility index (Phi) is 5.14. The molecule has 4 nitrogen and oxygen atoms in total. The summed E-state index contributed by atoms with van der Waals surface area (Å²) >= 11 is 0. The molecule has 0 atom stereocenters. The molecule has 1 aliphatic carbocycles. The Balaban J connectivity index is 0.00000162. The highest BCUT2D eigenvalue weighted by atomic mass is 35.5. The third-order valence-corrected chi connectivity index (χ3v) is 3.20. The Morgan fingerprint density at radius 1 is 1.39 bits per heavy atom. The number of aliphatic carboxylic acids is 1. The van der Waals surface area contributed by atoms with Crippen LogP contribution >= 0.6 is 12.4 Å². The van der Waals surface area contributed by atoms with Crippen molar-refractivity contribution in [2.75, 3.05) is 6.61 Å². The molecule has 1 aromatic rings. The van der Waals surface area contributed by atoms with E-state index in [1.807, 2.05) is 30.3 Å². The molecule has 100 valence electrons. The second-order valence-corrected chi connectivity index (χ2v) is 4.74. The Morgan fingerprint density at radius 3 is 2.56 bits per heavy atom. The van der Waals surface area contributed by atoms with Crippen LogP contribution in [-0.2, 0) is 16.1 Å². The molecule has 0 radical (unpaired) electrons. The third-order valence-electron chi connectivity index (χ3n) is 3.20. The van der Waals surface area contributed by atoms with Gasteiger partial charge < -0.3 is 15.6 Å². The van der Waals surface area contributed by atoms with Crippen molar-refractivity contribution in [3.63, 3.8) is 0 Å². The maximum atomic E-state index is 10.8. The fourth-order valence-corrected chi connectivity index (χ4v) is 2.18. The lowest BCUT2D eigenvalue weighted by Gasteiger charge is -2.41. The summed E-state index contributed by atoms with van der Waals surface area (Å²) in [5, 5.41) is 8.85. The van der Waals surface area contributed by atoms with Crippen LogP contribution < -0.4 is 5.73 Å². The van der Waals surface area contributed by atoms with E-state index in [4.69, 9.17) is 15.6 Å². The van der Waals surface area contributed by atoms with Gasteiger partial charge in [-0.1, -0.05) is 30.3 Å². The van der Waals surface area contributed by atoms with Crippen molar-refractivity contribution in [2.24, 2.45) is 11.7 Å². The Labute approximate surface area is 113 Å². The van der Waals surface area contributed by atoms with Crippen LogP contribution in [-0.4, -0.2) is 23.2 Å². The van der Waals surface area contributed by atoms with Gasteiger partial charge in [0.1, 0.15) is 5.54 Å². The molecule has 18 heavy (non-hydrogen) atoms. The molecule has 0 aliphatic heterocycles. The number of halogens is 1. The first kappa shape index (κ1) is 15.0. The molecule has 2 rings (SSSR count). The topological polar surface area (TPSA) is 72.6 Å². The van der Waals surface area contributed by atoms with Gasteiger partial charge in [-0.05, 0) is 24.3 Å². The lowest BCUT2D eigenvalue weighted by atomic mass is 9.69. The van der Waals surface area contributed by atoms with Gasteiger partial charge in [-0.3, -0.25) is 4.79 Å². The van der Waals surface area contributed by atoms with Crippen molar-refractivity contribution in [1.82, 2.24) is 0 Å². The quantitative estimate of drug-likeness (QED) is 0.857. The summed E-state index contributed by atoms with van der Waals surface area (Å²) in [4.78, 5) is 10.8. The molecule has 3 N–H and O–H groups in total. The van der Waals surface area contributed by atoms with E-state index in [9.17, 15) is 4.79 Å². The van der Waals surface area contributed by atoms with Gasteiger partial charge in [0.05, 0.1) is 13.2 Å². The number of hydrogen-bond donors (Lipinski definition) is 2. The van der Waals surface area contributed by atoms with Gasteiger partial charge in [0.2, 0.25) is 0 Å². The maximum Gasteiger partial charge on any atom is 0.323 e. The smallest absolute Gasteiger partial charge is 0.323 e. The number of hydrogen-bond acceptors (Lipinski definition) is 3. The summed E-state index contributed by atoms with van der Waals surface area (Å²) in [6.45, 7) is 1.16. The van der Waals surface area contributed by atoms with Crippen LogP contribution in [0.25, 0.3) is 0 Å². The zero-order chi connectivity index (χ0) is 12.3. The summed E-state index contributed by atoms with van der Waals surface area (Å²) in [6, 6.07) is 9.91. The minimum Gasteiger partial charge on any atom is -0.480 e. The molecule has 1 fully saturated rings. The maximum absolute atomic E-state index is 10.8. The highest BCUT2D eigenvalue weighted by molar-refractivity contribution is 5.85. The third kappa shape index (κ3) is 3.45. The van der Waals surface area contributed by atoms with Crippen LogP contribution in [0.3, 0.4) is 0 Å². The first-order chi connectivity index (χ1) is 8.10. The zero-order valence-corrected chi connectivity index (χ0v) is 10.9. The largest absolute Gasteiger partial charge is 0.480 e. The summed E-state index contributed by atoms with van der Waals surface area (Å²) < 4.78 is 5.55. The van der Waals surface area contributed by atoms with Crippen molar-refractivity contribution in [1.29, 1.82) is 0 Å². The minimum absolute atomic E-state index is 0. The van der Waals surface area contributed by atoms with Crippen LogP contribution in [0.15, 0.2) is 30.3 Å². The molecule has 0 heterocycles. The first-order valence-corrected chi connectivity index (χ1v) is 5.74. The van der Waals surface area contributed by atoms with Crippen LogP contribution in [0.1, 0.15) is 18.4 Å². The number of nitrogens with two attached hydrogens (primary N) is 1. The van der Waals surface area contributed by atoms with E-state index >= 15 is 0 Å². The van der Waals surface area contributed by atoms with E-state index in [1.165, 1.54) is 0 Å². The predicted octanol–water partition coefficient (Wildman–Crippen LogP) is 1.82. The van der Waals surface area contributed by atoms with Gasteiger partial charge in [-0.2, -0.15) is 0 Å². The van der Waals surface area contributed by atoms with Gasteiger partial charge in [-0.15, -0.1) is 12.4 Å². The average molecular weight is 272 g/mol. The van der Waals surface area contributed by atoms with Crippen molar-refractivity contribution in [3.8, 4) is 0 Å². The molecule has 0 amide bonds. The predicted molar refractivity (Wildman–Crippen MR) is 70.6 cm³/mol. The number of benzene rings is 1. The fourth-order valence-electron chi connectivity index (χ4n) is 2.18. The average Bonchev–Trinajstić information content (AvgIpc) is 2.27. The molecule has 1 aromatic carbocycles. The lowest BCUT2D eigenvalue weighted by molar-refractivity contribution is -0.150.